The summed E-state index contributed by atoms with van der Waals surface area (Å²) in [7, 11) is -2.85. The van der Waals surface area contributed by atoms with Crippen molar-refractivity contribution in [1.82, 2.24) is 9.97 Å². The van der Waals surface area contributed by atoms with Gasteiger partial charge in [0, 0.05) is 11.7 Å². The Morgan fingerprint density at radius 3 is 2.69 bits per heavy atom. The lowest BCUT2D eigenvalue weighted by Gasteiger charge is -2.46. The number of fused-ring (bicyclic) bond motifs is 2. The highest BCUT2D eigenvalue weighted by Gasteiger charge is 2.42. The lowest BCUT2D eigenvalue weighted by molar-refractivity contribution is -0.119. The highest BCUT2D eigenvalue weighted by atomic mass is 32.3. The van der Waals surface area contributed by atoms with Gasteiger partial charge in [0.2, 0.25) is 5.95 Å². The zero-order valence-electron chi connectivity index (χ0n) is 21.8. The summed E-state index contributed by atoms with van der Waals surface area (Å²) in [4.78, 5) is 27.1. The van der Waals surface area contributed by atoms with Crippen LogP contribution in [0.4, 0.5) is 34.5 Å². The summed E-state index contributed by atoms with van der Waals surface area (Å²) < 4.78 is 22.8. The molecule has 1 aliphatic carbocycles. The van der Waals surface area contributed by atoms with Crippen LogP contribution in [-0.2, 0) is 10.5 Å². The molecule has 0 unspecified atom stereocenters. The smallest absolute Gasteiger partial charge is 0.254 e. The van der Waals surface area contributed by atoms with Crippen LogP contribution in [0.5, 0.6) is 0 Å². The van der Waals surface area contributed by atoms with Crippen molar-refractivity contribution in [2.24, 2.45) is 5.92 Å². The van der Waals surface area contributed by atoms with Crippen LogP contribution in [0, 0.1) is 17.2 Å². The maximum absolute atomic E-state index is 13.8. The summed E-state index contributed by atoms with van der Waals surface area (Å²) in [6.07, 6.45) is 5.84. The van der Waals surface area contributed by atoms with Crippen molar-refractivity contribution >= 4 is 51.2 Å². The molecule has 1 atom stereocenters. The van der Waals surface area contributed by atoms with Gasteiger partial charge in [-0.15, -0.1) is 10.8 Å². The molecule has 3 aliphatic rings. The molecule has 39 heavy (non-hydrogen) atoms. The third kappa shape index (κ3) is 4.76. The maximum atomic E-state index is 13.8. The summed E-state index contributed by atoms with van der Waals surface area (Å²) in [5.74, 6) is 1.79. The van der Waals surface area contributed by atoms with Gasteiger partial charge in [0.05, 0.1) is 35.0 Å². The number of rotatable bonds is 4. The number of nitriles is 1. The Balaban J connectivity index is 1.40. The summed E-state index contributed by atoms with van der Waals surface area (Å²) >= 11 is 0. The maximum Gasteiger partial charge on any atom is 0.254 e. The van der Waals surface area contributed by atoms with Crippen LogP contribution in [0.1, 0.15) is 50.7 Å². The Hall–Kier alpha value is -3.85. The molecule has 0 radical (unpaired) electrons. The van der Waals surface area contributed by atoms with Crippen molar-refractivity contribution in [1.29, 1.82) is 5.26 Å². The van der Waals surface area contributed by atoms with Gasteiger partial charge in [0.15, 0.2) is 5.82 Å². The number of carbonyl (C=O) groups excluding carboxylic acids is 1. The van der Waals surface area contributed by atoms with E-state index in [0.717, 1.165) is 36.9 Å². The van der Waals surface area contributed by atoms with Gasteiger partial charge in [0.25, 0.3) is 5.91 Å². The highest BCUT2D eigenvalue weighted by Crippen LogP contribution is 2.51. The fraction of sp³-hybridized carbons (Fsp3) is 0.357. The average molecular weight is 546 g/mol. The van der Waals surface area contributed by atoms with Gasteiger partial charge in [0.1, 0.15) is 11.7 Å². The summed E-state index contributed by atoms with van der Waals surface area (Å²) in [6.45, 7) is 4.19. The average Bonchev–Trinajstić information content (AvgIpc) is 3.23. The molecule has 0 bridgehead atoms. The molecule has 0 spiro atoms. The summed E-state index contributed by atoms with van der Waals surface area (Å²) in [6, 6.07) is 14.4. The van der Waals surface area contributed by atoms with E-state index >= 15 is 0 Å². The minimum absolute atomic E-state index is 0.0781. The first kappa shape index (κ1) is 25.4. The molecule has 1 fully saturated rings. The van der Waals surface area contributed by atoms with Crippen molar-refractivity contribution in [3.05, 3.63) is 59.8 Å². The van der Waals surface area contributed by atoms with Crippen LogP contribution >= 0.6 is 10.8 Å². The van der Waals surface area contributed by atoms with Crippen molar-refractivity contribution in [3.8, 4) is 6.07 Å². The van der Waals surface area contributed by atoms with E-state index in [9.17, 15) is 19.2 Å². The molecule has 0 saturated heterocycles. The van der Waals surface area contributed by atoms with E-state index in [-0.39, 0.29) is 17.7 Å². The second kappa shape index (κ2) is 9.72. The van der Waals surface area contributed by atoms with Gasteiger partial charge < -0.3 is 10.2 Å². The fourth-order valence-corrected chi connectivity index (χ4v) is 7.12. The summed E-state index contributed by atoms with van der Waals surface area (Å²) in [5, 5.41) is 12.7. The third-order valence-corrected chi connectivity index (χ3v) is 9.09. The Labute approximate surface area is 229 Å². The van der Waals surface area contributed by atoms with E-state index < -0.39 is 16.8 Å². The molecular weight excluding hydrogens is 514 g/mol. The SMILES string of the molecule is C[C@@H]1C(=O)N(c2cccc(C#N)c2)c2cnc(Nc3ccc4c(c3)CS(O)(O)N4)nc2N1[C@H]1CC[C@H](C)CC1. The summed E-state index contributed by atoms with van der Waals surface area (Å²) in [5.41, 5.74) is 3.90. The highest BCUT2D eigenvalue weighted by molar-refractivity contribution is 8.25. The molecule has 2 aliphatic heterocycles. The molecule has 202 valence electrons. The predicted molar refractivity (Wildman–Crippen MR) is 154 cm³/mol. The number of hydrogen-bond acceptors (Lipinski definition) is 9. The fourth-order valence-electron chi connectivity index (χ4n) is 5.82. The second-order valence-corrected chi connectivity index (χ2v) is 12.5. The molecule has 3 aromatic rings. The quantitative estimate of drug-likeness (QED) is 0.305. The second-order valence-electron chi connectivity index (χ2n) is 10.6. The predicted octanol–water partition coefficient (Wildman–Crippen LogP) is 6.13. The Morgan fingerprint density at radius 1 is 1.13 bits per heavy atom. The van der Waals surface area contributed by atoms with E-state index in [4.69, 9.17) is 4.98 Å². The number of benzene rings is 2. The number of anilines is 6. The molecular formula is C28H31N7O3S. The standard InChI is InChI=1S/C28H31N7O3S/c1-17-6-9-22(10-7-17)34-18(2)27(36)35(23-5-3-4-19(12-23)14-29)25-15-30-28(32-26(25)34)31-21-8-11-24-20(13-21)16-39(37,38)33-24/h3-5,8,11-13,15,17-18,22,33,37-38H,6-7,9-10,16H2,1-2H3,(H,30,31,32)/t17-,18-,22-/m1/s1. The third-order valence-electron chi connectivity index (χ3n) is 7.83. The molecule has 1 aromatic heterocycles. The van der Waals surface area contributed by atoms with E-state index in [1.807, 2.05) is 25.1 Å². The topological polar surface area (TPSA) is 138 Å². The van der Waals surface area contributed by atoms with E-state index in [0.29, 0.717) is 40.3 Å². The van der Waals surface area contributed by atoms with Crippen LogP contribution in [0.25, 0.3) is 0 Å². The van der Waals surface area contributed by atoms with Gasteiger partial charge >= 0.3 is 0 Å². The zero-order valence-corrected chi connectivity index (χ0v) is 22.6. The van der Waals surface area contributed by atoms with Crippen LogP contribution in [-0.4, -0.2) is 37.1 Å². The largest absolute Gasteiger partial charge is 0.340 e. The van der Waals surface area contributed by atoms with Crippen LogP contribution < -0.4 is 19.8 Å². The first-order valence-electron chi connectivity index (χ1n) is 13.2. The molecule has 6 rings (SSSR count). The number of hydrogen-bond donors (Lipinski definition) is 4. The van der Waals surface area contributed by atoms with Crippen LogP contribution in [0.3, 0.4) is 0 Å². The lowest BCUT2D eigenvalue weighted by atomic mass is 9.85. The first-order valence-corrected chi connectivity index (χ1v) is 14.9. The molecule has 4 N–H and O–H groups in total. The van der Waals surface area contributed by atoms with Crippen LogP contribution in [0.15, 0.2) is 48.7 Å². The van der Waals surface area contributed by atoms with Gasteiger partial charge in [-0.05, 0) is 80.5 Å². The number of nitrogens with zero attached hydrogens (tertiary/aromatic N) is 5. The Morgan fingerprint density at radius 2 is 1.92 bits per heavy atom. The van der Waals surface area contributed by atoms with Crippen molar-refractivity contribution in [2.45, 2.75) is 57.4 Å². The monoisotopic (exact) mass is 545 g/mol. The molecule has 1 saturated carbocycles. The number of aromatic nitrogens is 2. The van der Waals surface area contributed by atoms with Gasteiger partial charge in [-0.3, -0.25) is 23.5 Å². The molecule has 10 nitrogen and oxygen atoms in total. The lowest BCUT2D eigenvalue weighted by Crippen LogP contribution is -2.55. The molecule has 3 heterocycles. The minimum Gasteiger partial charge on any atom is -0.340 e. The first-order chi connectivity index (χ1) is 18.7. The molecule has 1 amide bonds. The normalized spacial score (nSPS) is 24.3. The Kier molecular flexibility index (Phi) is 6.33. The van der Waals surface area contributed by atoms with Crippen molar-refractivity contribution in [3.63, 3.8) is 0 Å². The Bertz CT molecular complexity index is 1480. The van der Waals surface area contributed by atoms with E-state index in [1.54, 1.807) is 35.4 Å². The van der Waals surface area contributed by atoms with Crippen molar-refractivity contribution in [2.75, 3.05) is 19.8 Å². The van der Waals surface area contributed by atoms with Gasteiger partial charge in [-0.2, -0.15) is 10.2 Å². The number of carbonyl (C=O) groups is 1. The number of nitrogens with one attached hydrogen (secondary N) is 2. The van der Waals surface area contributed by atoms with Crippen LogP contribution in [0.2, 0.25) is 0 Å². The minimum atomic E-state index is -2.85. The molecule has 11 heteroatoms. The van der Waals surface area contributed by atoms with E-state index in [2.05, 4.69) is 32.9 Å². The molecule has 2 aromatic carbocycles. The van der Waals surface area contributed by atoms with E-state index in [1.165, 1.54) is 0 Å². The van der Waals surface area contributed by atoms with Gasteiger partial charge in [-0.25, -0.2) is 4.98 Å². The zero-order chi connectivity index (χ0) is 27.3. The number of amides is 1. The van der Waals surface area contributed by atoms with Gasteiger partial charge in [-0.1, -0.05) is 13.0 Å². The van der Waals surface area contributed by atoms with Crippen molar-refractivity contribution < 1.29 is 13.9 Å².